The van der Waals surface area contributed by atoms with Gasteiger partial charge in [-0.15, -0.1) is 0 Å². The third-order valence-corrected chi connectivity index (χ3v) is 5.50. The Morgan fingerprint density at radius 1 is 1.24 bits per heavy atom. The monoisotopic (exact) mass is 346 g/mol. The van der Waals surface area contributed by atoms with E-state index in [1.807, 2.05) is 17.9 Å². The molecule has 1 saturated carbocycles. The van der Waals surface area contributed by atoms with E-state index in [-0.39, 0.29) is 12.1 Å². The molecule has 1 N–H and O–H groups in total. The minimum Gasteiger partial charge on any atom is -0.495 e. The smallest absolute Gasteiger partial charge is 0.317 e. The molecular weight excluding hydrogens is 316 g/mol. The second-order valence-electron chi connectivity index (χ2n) is 7.10. The molecule has 2 amide bonds. The number of pyridine rings is 1. The van der Waals surface area contributed by atoms with Crippen molar-refractivity contribution in [1.29, 1.82) is 0 Å². The van der Waals surface area contributed by atoms with E-state index >= 15 is 0 Å². The summed E-state index contributed by atoms with van der Waals surface area (Å²) in [6.07, 6.45) is 9.83. The van der Waals surface area contributed by atoms with Gasteiger partial charge < -0.3 is 15.0 Å². The van der Waals surface area contributed by atoms with Crippen LogP contribution in [0.25, 0.3) is 0 Å². The minimum absolute atomic E-state index is 0.0136. The highest BCUT2D eigenvalue weighted by Gasteiger charge is 2.26. The summed E-state index contributed by atoms with van der Waals surface area (Å²) < 4.78 is 5.35. The SMILES string of the molecule is COc1cnccc1[C@H](C)NC(=O)N1CCCN(C2CCCC2)CC1. The number of ether oxygens (including phenoxy) is 1. The van der Waals surface area contributed by atoms with Crippen molar-refractivity contribution < 1.29 is 9.53 Å². The maximum atomic E-state index is 12.7. The van der Waals surface area contributed by atoms with Crippen LogP contribution in [0.5, 0.6) is 5.75 Å². The van der Waals surface area contributed by atoms with Crippen molar-refractivity contribution in [1.82, 2.24) is 20.1 Å². The Bertz CT molecular complexity index is 574. The van der Waals surface area contributed by atoms with Gasteiger partial charge in [0.05, 0.1) is 19.3 Å². The number of aromatic nitrogens is 1. The second-order valence-corrected chi connectivity index (χ2v) is 7.10. The molecule has 1 aromatic rings. The molecule has 25 heavy (non-hydrogen) atoms. The highest BCUT2D eigenvalue weighted by molar-refractivity contribution is 5.74. The number of methoxy groups -OCH3 is 1. The van der Waals surface area contributed by atoms with Crippen molar-refractivity contribution in [3.8, 4) is 5.75 Å². The van der Waals surface area contributed by atoms with Crippen molar-refractivity contribution in [2.45, 2.75) is 51.1 Å². The predicted octanol–water partition coefficient (Wildman–Crippen LogP) is 2.81. The maximum Gasteiger partial charge on any atom is 0.317 e. The number of urea groups is 1. The van der Waals surface area contributed by atoms with Crippen LogP contribution in [-0.2, 0) is 0 Å². The predicted molar refractivity (Wildman–Crippen MR) is 97.8 cm³/mol. The van der Waals surface area contributed by atoms with Crippen molar-refractivity contribution in [3.05, 3.63) is 24.0 Å². The first kappa shape index (κ1) is 18.0. The van der Waals surface area contributed by atoms with Crippen LogP contribution in [0.1, 0.15) is 50.6 Å². The first-order valence-electron chi connectivity index (χ1n) is 9.46. The second kappa shape index (κ2) is 8.52. The van der Waals surface area contributed by atoms with E-state index < -0.39 is 0 Å². The fraction of sp³-hybridized carbons (Fsp3) is 0.684. The average molecular weight is 346 g/mol. The van der Waals surface area contributed by atoms with Gasteiger partial charge in [0.2, 0.25) is 0 Å². The molecule has 2 fully saturated rings. The lowest BCUT2D eigenvalue weighted by Gasteiger charge is -2.27. The lowest BCUT2D eigenvalue weighted by Crippen LogP contribution is -2.43. The van der Waals surface area contributed by atoms with E-state index in [1.54, 1.807) is 19.5 Å². The molecule has 1 atom stereocenters. The summed E-state index contributed by atoms with van der Waals surface area (Å²) in [5, 5.41) is 3.11. The van der Waals surface area contributed by atoms with Gasteiger partial charge in [0, 0.05) is 44.0 Å². The zero-order chi connectivity index (χ0) is 17.6. The number of carbonyl (C=O) groups excluding carboxylic acids is 1. The fourth-order valence-corrected chi connectivity index (χ4v) is 4.05. The normalized spacial score (nSPS) is 21.0. The van der Waals surface area contributed by atoms with Crippen LogP contribution in [0.3, 0.4) is 0 Å². The van der Waals surface area contributed by atoms with E-state index in [0.717, 1.165) is 44.2 Å². The maximum absolute atomic E-state index is 12.7. The third-order valence-electron chi connectivity index (χ3n) is 5.50. The number of hydrogen-bond donors (Lipinski definition) is 1. The number of nitrogens with one attached hydrogen (secondary N) is 1. The van der Waals surface area contributed by atoms with Gasteiger partial charge in [0.25, 0.3) is 0 Å². The van der Waals surface area contributed by atoms with E-state index in [0.29, 0.717) is 5.75 Å². The van der Waals surface area contributed by atoms with Crippen LogP contribution in [0, 0.1) is 0 Å². The molecule has 0 radical (unpaired) electrons. The molecule has 0 bridgehead atoms. The summed E-state index contributed by atoms with van der Waals surface area (Å²) in [7, 11) is 1.63. The Kier molecular flexibility index (Phi) is 6.13. The summed E-state index contributed by atoms with van der Waals surface area (Å²) in [5.41, 5.74) is 0.952. The van der Waals surface area contributed by atoms with Gasteiger partial charge in [-0.05, 0) is 32.3 Å². The van der Waals surface area contributed by atoms with Crippen molar-refractivity contribution in [2.24, 2.45) is 0 Å². The van der Waals surface area contributed by atoms with Gasteiger partial charge in [-0.1, -0.05) is 12.8 Å². The number of rotatable bonds is 4. The van der Waals surface area contributed by atoms with Crippen molar-refractivity contribution in [2.75, 3.05) is 33.3 Å². The standard InChI is InChI=1S/C19H30N4O2/c1-15(17-8-9-20-14-18(17)25-2)21-19(24)23-11-5-10-22(12-13-23)16-6-3-4-7-16/h8-9,14-16H,3-7,10-13H2,1-2H3,(H,21,24)/t15-/m0/s1. The molecule has 2 aliphatic rings. The van der Waals surface area contributed by atoms with Crippen LogP contribution in [0.2, 0.25) is 0 Å². The highest BCUT2D eigenvalue weighted by atomic mass is 16.5. The lowest BCUT2D eigenvalue weighted by molar-refractivity contribution is 0.185. The highest BCUT2D eigenvalue weighted by Crippen LogP contribution is 2.25. The van der Waals surface area contributed by atoms with E-state index in [9.17, 15) is 4.79 Å². The molecule has 1 aliphatic heterocycles. The largest absolute Gasteiger partial charge is 0.495 e. The van der Waals surface area contributed by atoms with Gasteiger partial charge in [-0.3, -0.25) is 9.88 Å². The van der Waals surface area contributed by atoms with Gasteiger partial charge in [0.15, 0.2) is 0 Å². The molecule has 138 valence electrons. The zero-order valence-corrected chi connectivity index (χ0v) is 15.4. The van der Waals surface area contributed by atoms with Crippen LogP contribution in [0.15, 0.2) is 18.5 Å². The first-order chi connectivity index (χ1) is 12.2. The Balaban J connectivity index is 1.55. The lowest BCUT2D eigenvalue weighted by atomic mass is 10.1. The molecule has 2 heterocycles. The molecule has 0 spiro atoms. The Labute approximate surface area is 150 Å². The van der Waals surface area contributed by atoms with E-state index in [2.05, 4.69) is 15.2 Å². The van der Waals surface area contributed by atoms with Crippen LogP contribution in [-0.4, -0.2) is 60.1 Å². The summed E-state index contributed by atoms with van der Waals surface area (Å²) in [5.74, 6) is 0.707. The first-order valence-corrected chi connectivity index (χ1v) is 9.46. The number of nitrogens with zero attached hydrogens (tertiary/aromatic N) is 3. The summed E-state index contributed by atoms with van der Waals surface area (Å²) in [4.78, 5) is 21.3. The minimum atomic E-state index is -0.111. The van der Waals surface area contributed by atoms with Crippen molar-refractivity contribution >= 4 is 6.03 Å². The molecule has 6 nitrogen and oxygen atoms in total. The summed E-state index contributed by atoms with van der Waals surface area (Å²) >= 11 is 0. The summed E-state index contributed by atoms with van der Waals surface area (Å²) in [6.45, 7) is 5.73. The number of hydrogen-bond acceptors (Lipinski definition) is 4. The van der Waals surface area contributed by atoms with Crippen LogP contribution < -0.4 is 10.1 Å². The van der Waals surface area contributed by atoms with Crippen molar-refractivity contribution in [3.63, 3.8) is 0 Å². The summed E-state index contributed by atoms with van der Waals surface area (Å²) in [6, 6.07) is 2.54. The molecule has 6 heteroatoms. The van der Waals surface area contributed by atoms with Crippen LogP contribution in [0.4, 0.5) is 4.79 Å². The van der Waals surface area contributed by atoms with Gasteiger partial charge in [-0.2, -0.15) is 0 Å². The topological polar surface area (TPSA) is 57.7 Å². The molecule has 1 aromatic heterocycles. The molecule has 1 saturated heterocycles. The van der Waals surface area contributed by atoms with Gasteiger partial charge >= 0.3 is 6.03 Å². The molecule has 0 unspecified atom stereocenters. The van der Waals surface area contributed by atoms with E-state index in [4.69, 9.17) is 4.74 Å². The Morgan fingerprint density at radius 2 is 2.04 bits per heavy atom. The van der Waals surface area contributed by atoms with Gasteiger partial charge in [0.1, 0.15) is 5.75 Å². The Hall–Kier alpha value is -1.82. The molecular formula is C19H30N4O2. The molecule has 0 aromatic carbocycles. The Morgan fingerprint density at radius 3 is 2.80 bits per heavy atom. The molecule has 3 rings (SSSR count). The van der Waals surface area contributed by atoms with Crippen LogP contribution >= 0.6 is 0 Å². The van der Waals surface area contributed by atoms with E-state index in [1.165, 1.54) is 25.7 Å². The third kappa shape index (κ3) is 4.42. The number of carbonyl (C=O) groups is 1. The number of amides is 2. The molecule has 1 aliphatic carbocycles. The fourth-order valence-electron chi connectivity index (χ4n) is 4.05. The van der Waals surface area contributed by atoms with Gasteiger partial charge in [-0.25, -0.2) is 4.79 Å². The quantitative estimate of drug-likeness (QED) is 0.911. The zero-order valence-electron chi connectivity index (χ0n) is 15.4. The average Bonchev–Trinajstić information content (AvgIpc) is 3.06.